The van der Waals surface area contributed by atoms with Crippen molar-refractivity contribution in [3.05, 3.63) is 66.5 Å². The normalized spacial score (nSPS) is 15.5. The number of nitrogens with zero attached hydrogens (tertiary/aromatic N) is 4. The number of nitrogens with one attached hydrogen (secondary N) is 1. The lowest BCUT2D eigenvalue weighted by molar-refractivity contribution is 0.102. The molecule has 0 unspecified atom stereocenters. The van der Waals surface area contributed by atoms with E-state index in [9.17, 15) is 4.79 Å². The molecule has 4 rings (SSSR count). The third-order valence-electron chi connectivity index (χ3n) is 3.98. The summed E-state index contributed by atoms with van der Waals surface area (Å²) in [6.07, 6.45) is 6.47. The summed E-state index contributed by atoms with van der Waals surface area (Å²) in [6, 6.07) is 12.6. The van der Waals surface area contributed by atoms with Crippen LogP contribution in [0, 0.1) is 0 Å². The molecule has 0 aliphatic carbocycles. The molecule has 0 saturated heterocycles. The number of hydrogen-bond donors (Lipinski definition) is 1. The van der Waals surface area contributed by atoms with Crippen LogP contribution in [-0.2, 0) is 6.54 Å². The van der Waals surface area contributed by atoms with Crippen LogP contribution in [0.4, 0.5) is 5.82 Å². The molecule has 3 heterocycles. The second-order valence-corrected chi connectivity index (χ2v) is 5.77. The lowest BCUT2D eigenvalue weighted by atomic mass is 10.2. The summed E-state index contributed by atoms with van der Waals surface area (Å²) in [5.41, 5.74) is 1.12. The van der Waals surface area contributed by atoms with Gasteiger partial charge in [-0.15, -0.1) is 10.2 Å². The number of benzene rings is 1. The number of allylic oxidation sites excluding steroid dienone is 1. The highest BCUT2D eigenvalue weighted by molar-refractivity contribution is 6.05. The van der Waals surface area contributed by atoms with Gasteiger partial charge in [-0.3, -0.25) is 4.79 Å². The van der Waals surface area contributed by atoms with Gasteiger partial charge < -0.3 is 14.6 Å². The molecule has 0 fully saturated rings. The molecule has 7 heteroatoms. The summed E-state index contributed by atoms with van der Waals surface area (Å²) in [5.74, 6) is 1.39. The van der Waals surface area contributed by atoms with E-state index in [1.807, 2.05) is 41.0 Å². The Morgan fingerprint density at radius 2 is 2.00 bits per heavy atom. The number of amides is 1. The number of ether oxygens (including phenoxy) is 1. The van der Waals surface area contributed by atoms with Crippen LogP contribution < -0.4 is 10.1 Å². The summed E-state index contributed by atoms with van der Waals surface area (Å²) in [6.45, 7) is 1.12. The Labute approximate surface area is 150 Å². The topological polar surface area (TPSA) is 81.9 Å². The molecule has 1 aromatic carbocycles. The molecule has 0 saturated carbocycles. The van der Waals surface area contributed by atoms with Crippen molar-refractivity contribution in [3.8, 4) is 17.3 Å². The Kier molecular flexibility index (Phi) is 4.42. The highest BCUT2D eigenvalue weighted by atomic mass is 16.5. The molecule has 2 aromatic heterocycles. The van der Waals surface area contributed by atoms with Crippen LogP contribution in [0.2, 0.25) is 0 Å². The summed E-state index contributed by atoms with van der Waals surface area (Å²) in [4.78, 5) is 17.2. The van der Waals surface area contributed by atoms with Crippen LogP contribution in [0.5, 0.6) is 5.75 Å². The van der Waals surface area contributed by atoms with E-state index >= 15 is 0 Å². The summed E-state index contributed by atoms with van der Waals surface area (Å²) < 4.78 is 7.68. The van der Waals surface area contributed by atoms with Gasteiger partial charge in [0.05, 0.1) is 12.2 Å². The Morgan fingerprint density at radius 1 is 1.08 bits per heavy atom. The van der Waals surface area contributed by atoms with Gasteiger partial charge in [0.2, 0.25) is 0 Å². The first-order valence-corrected chi connectivity index (χ1v) is 8.35. The van der Waals surface area contributed by atoms with E-state index in [0.717, 1.165) is 6.42 Å². The number of aromatic nitrogens is 4. The third-order valence-corrected chi connectivity index (χ3v) is 3.98. The van der Waals surface area contributed by atoms with Crippen LogP contribution in [0.1, 0.15) is 16.8 Å². The number of rotatable bonds is 0. The zero-order chi connectivity index (χ0) is 17.8. The van der Waals surface area contributed by atoms with Gasteiger partial charge in [-0.1, -0.05) is 30.4 Å². The highest BCUT2D eigenvalue weighted by Crippen LogP contribution is 2.21. The highest BCUT2D eigenvalue weighted by Gasteiger charge is 2.14. The Bertz CT molecular complexity index is 964. The average molecular weight is 347 g/mol. The number of hydrogen-bond acceptors (Lipinski definition) is 5. The minimum atomic E-state index is -0.267. The summed E-state index contributed by atoms with van der Waals surface area (Å²) in [7, 11) is 0. The molecule has 1 amide bonds. The molecule has 0 spiro atoms. The number of carbonyl (C=O) groups excluding carboxylic acids is 1. The quantitative estimate of drug-likeness (QED) is 0.632. The predicted molar refractivity (Wildman–Crippen MR) is 96.9 cm³/mol. The monoisotopic (exact) mass is 347 g/mol. The number of fused-ring (bicyclic) bond motifs is 5. The fraction of sp³-hybridized carbons (Fsp3) is 0.158. The smallest absolute Gasteiger partial charge is 0.260 e. The van der Waals surface area contributed by atoms with Gasteiger partial charge in [-0.2, -0.15) is 0 Å². The van der Waals surface area contributed by atoms with Crippen molar-refractivity contribution in [2.24, 2.45) is 0 Å². The van der Waals surface area contributed by atoms with E-state index in [1.165, 1.54) is 0 Å². The molecule has 1 N–H and O–H groups in total. The predicted octanol–water partition coefficient (Wildman–Crippen LogP) is 2.93. The first-order chi connectivity index (χ1) is 12.8. The van der Waals surface area contributed by atoms with Crippen molar-refractivity contribution in [1.29, 1.82) is 0 Å². The SMILES string of the molecule is O=C1Nc2cccc(n2)-c2nncn2C/C=C/CCOc2ccccc21. The lowest BCUT2D eigenvalue weighted by Crippen LogP contribution is -2.15. The molecule has 2 bridgehead atoms. The van der Waals surface area contributed by atoms with Crippen LogP contribution in [0.25, 0.3) is 11.5 Å². The maximum atomic E-state index is 12.7. The largest absolute Gasteiger partial charge is 0.492 e. The van der Waals surface area contributed by atoms with Crippen molar-refractivity contribution >= 4 is 11.7 Å². The van der Waals surface area contributed by atoms with Crippen molar-refractivity contribution in [1.82, 2.24) is 19.7 Å². The molecule has 1 aliphatic heterocycles. The van der Waals surface area contributed by atoms with Gasteiger partial charge >= 0.3 is 0 Å². The van der Waals surface area contributed by atoms with E-state index < -0.39 is 0 Å². The molecule has 0 atom stereocenters. The number of para-hydroxylation sites is 1. The Morgan fingerprint density at radius 3 is 2.96 bits per heavy atom. The second-order valence-electron chi connectivity index (χ2n) is 5.77. The molecule has 3 aromatic rings. The maximum absolute atomic E-state index is 12.7. The Balaban J connectivity index is 1.74. The first kappa shape index (κ1) is 16.0. The van der Waals surface area contributed by atoms with Crippen molar-refractivity contribution in [3.63, 3.8) is 0 Å². The average Bonchev–Trinajstić information content (AvgIpc) is 3.13. The van der Waals surface area contributed by atoms with E-state index in [1.54, 1.807) is 24.5 Å². The van der Waals surface area contributed by atoms with Gasteiger partial charge in [0.15, 0.2) is 5.82 Å². The van der Waals surface area contributed by atoms with Crippen LogP contribution in [0.15, 0.2) is 60.9 Å². The molecule has 0 radical (unpaired) electrons. The van der Waals surface area contributed by atoms with Crippen LogP contribution in [0.3, 0.4) is 0 Å². The first-order valence-electron chi connectivity index (χ1n) is 8.35. The van der Waals surface area contributed by atoms with Gasteiger partial charge in [-0.25, -0.2) is 4.98 Å². The van der Waals surface area contributed by atoms with Gasteiger partial charge in [0.1, 0.15) is 23.6 Å². The number of anilines is 1. The lowest BCUT2D eigenvalue weighted by Gasteiger charge is -2.11. The van der Waals surface area contributed by atoms with Crippen molar-refractivity contribution in [2.75, 3.05) is 11.9 Å². The van der Waals surface area contributed by atoms with E-state index in [4.69, 9.17) is 4.74 Å². The fourth-order valence-electron chi connectivity index (χ4n) is 2.72. The van der Waals surface area contributed by atoms with Crippen LogP contribution >= 0.6 is 0 Å². The molecular formula is C19H17N5O2. The maximum Gasteiger partial charge on any atom is 0.260 e. The molecular weight excluding hydrogens is 330 g/mol. The number of pyridine rings is 1. The van der Waals surface area contributed by atoms with Crippen molar-refractivity contribution < 1.29 is 9.53 Å². The third kappa shape index (κ3) is 3.32. The molecule has 26 heavy (non-hydrogen) atoms. The fourth-order valence-corrected chi connectivity index (χ4v) is 2.72. The van der Waals surface area contributed by atoms with Crippen LogP contribution in [-0.4, -0.2) is 32.3 Å². The van der Waals surface area contributed by atoms with E-state index in [2.05, 4.69) is 20.5 Å². The summed E-state index contributed by atoms with van der Waals surface area (Å²) >= 11 is 0. The minimum Gasteiger partial charge on any atom is -0.492 e. The number of carbonyl (C=O) groups is 1. The molecule has 1 aliphatic rings. The zero-order valence-corrected chi connectivity index (χ0v) is 14.0. The zero-order valence-electron chi connectivity index (χ0n) is 14.0. The molecule has 7 nitrogen and oxygen atoms in total. The second kappa shape index (κ2) is 7.18. The molecule has 130 valence electrons. The summed E-state index contributed by atoms with van der Waals surface area (Å²) in [5, 5.41) is 11.0. The Hall–Kier alpha value is -3.48. The standard InChI is InChI=1S/C19H17N5O2/c25-19-14-7-2-3-9-16(14)26-12-5-1-4-11-24-13-20-23-18(24)15-8-6-10-17(21-15)22-19/h1-4,6-10,13H,5,11-12H2,(H,21,22,25)/b4-1+. The van der Waals surface area contributed by atoms with E-state index in [0.29, 0.717) is 41.8 Å². The minimum absolute atomic E-state index is 0.267. The van der Waals surface area contributed by atoms with Gasteiger partial charge in [0.25, 0.3) is 5.91 Å². The van der Waals surface area contributed by atoms with Gasteiger partial charge in [0, 0.05) is 6.54 Å². The van der Waals surface area contributed by atoms with Crippen molar-refractivity contribution in [2.45, 2.75) is 13.0 Å². The van der Waals surface area contributed by atoms with Gasteiger partial charge in [-0.05, 0) is 30.7 Å². The van der Waals surface area contributed by atoms with E-state index in [-0.39, 0.29) is 5.91 Å².